The number of amides is 2. The number of aryl methyl sites for hydroxylation is 1. The highest BCUT2D eigenvalue weighted by atomic mass is 32.1. The van der Waals surface area contributed by atoms with Crippen molar-refractivity contribution in [1.82, 2.24) is 14.8 Å². The molecule has 2 heterocycles. The van der Waals surface area contributed by atoms with Crippen molar-refractivity contribution in [2.75, 3.05) is 10.6 Å². The van der Waals surface area contributed by atoms with Gasteiger partial charge in [-0.25, -0.2) is 9.67 Å². The molecule has 29 heavy (non-hydrogen) atoms. The van der Waals surface area contributed by atoms with E-state index in [0.29, 0.717) is 27.3 Å². The number of hydrogen-bond acceptors (Lipinski definition) is 6. The molecular formula is C20H17N5O3S. The minimum absolute atomic E-state index is 0.0342. The fourth-order valence-electron chi connectivity index (χ4n) is 3.07. The zero-order valence-electron chi connectivity index (χ0n) is 15.7. The number of fused-ring (bicyclic) bond motifs is 2. The Kier molecular flexibility index (Phi) is 4.81. The molecule has 146 valence electrons. The van der Waals surface area contributed by atoms with Gasteiger partial charge < -0.3 is 10.6 Å². The lowest BCUT2D eigenvalue weighted by Gasteiger charge is -2.09. The van der Waals surface area contributed by atoms with Gasteiger partial charge in [0.05, 0.1) is 27.7 Å². The minimum atomic E-state index is -0.243. The molecule has 0 saturated heterocycles. The summed E-state index contributed by atoms with van der Waals surface area (Å²) in [5.41, 5.74) is 1.69. The Hall–Kier alpha value is -3.59. The van der Waals surface area contributed by atoms with Gasteiger partial charge in [-0.15, -0.1) is 0 Å². The molecule has 0 bridgehead atoms. The van der Waals surface area contributed by atoms with Crippen LogP contribution in [-0.2, 0) is 23.1 Å². The number of anilines is 2. The van der Waals surface area contributed by atoms with Crippen molar-refractivity contribution in [1.29, 1.82) is 0 Å². The first-order valence-corrected chi connectivity index (χ1v) is 9.65. The standard InChI is InChI=1S/C20H17N5O3S/c1-11(26)21-20-23-15-8-7-12(9-17(15)29-20)22-18(27)10-16-13-5-3-4-6-14(13)19(28)25(2)24-16/h3-9H,10H2,1-2H3,(H,22,27)(H,21,23,26). The fraction of sp³-hybridized carbons (Fsp3) is 0.150. The van der Waals surface area contributed by atoms with Crippen LogP contribution in [0.1, 0.15) is 12.6 Å². The lowest BCUT2D eigenvalue weighted by atomic mass is 10.1. The van der Waals surface area contributed by atoms with E-state index in [1.807, 2.05) is 12.1 Å². The number of benzene rings is 2. The molecule has 0 atom stereocenters. The molecule has 0 spiro atoms. The Bertz CT molecular complexity index is 1320. The maximum Gasteiger partial charge on any atom is 0.274 e. The number of hydrogen-bond donors (Lipinski definition) is 2. The number of thiazole rings is 1. The Morgan fingerprint density at radius 3 is 2.62 bits per heavy atom. The highest BCUT2D eigenvalue weighted by Crippen LogP contribution is 2.28. The van der Waals surface area contributed by atoms with Crippen LogP contribution in [0.4, 0.5) is 10.8 Å². The van der Waals surface area contributed by atoms with Crippen LogP contribution in [0, 0.1) is 0 Å². The van der Waals surface area contributed by atoms with E-state index in [-0.39, 0.29) is 23.8 Å². The second-order valence-corrected chi connectivity index (χ2v) is 7.56. The van der Waals surface area contributed by atoms with E-state index in [1.54, 1.807) is 37.4 Å². The average molecular weight is 407 g/mol. The molecule has 4 aromatic rings. The van der Waals surface area contributed by atoms with Crippen molar-refractivity contribution in [2.24, 2.45) is 7.05 Å². The lowest BCUT2D eigenvalue weighted by Crippen LogP contribution is -2.24. The summed E-state index contributed by atoms with van der Waals surface area (Å²) in [6.07, 6.45) is 0.0342. The van der Waals surface area contributed by atoms with Gasteiger partial charge in [-0.3, -0.25) is 14.4 Å². The number of rotatable bonds is 4. The van der Waals surface area contributed by atoms with E-state index in [1.165, 1.54) is 22.9 Å². The van der Waals surface area contributed by atoms with E-state index in [4.69, 9.17) is 0 Å². The van der Waals surface area contributed by atoms with Crippen molar-refractivity contribution >= 4 is 55.0 Å². The molecule has 0 aliphatic rings. The molecule has 4 rings (SSSR count). The number of carbonyl (C=O) groups excluding carboxylic acids is 2. The van der Waals surface area contributed by atoms with E-state index < -0.39 is 0 Å². The Balaban J connectivity index is 1.57. The summed E-state index contributed by atoms with van der Waals surface area (Å²) in [7, 11) is 1.57. The van der Waals surface area contributed by atoms with Crippen LogP contribution >= 0.6 is 11.3 Å². The van der Waals surface area contributed by atoms with E-state index in [9.17, 15) is 14.4 Å². The van der Waals surface area contributed by atoms with Crippen LogP contribution in [0.5, 0.6) is 0 Å². The normalized spacial score (nSPS) is 11.0. The summed E-state index contributed by atoms with van der Waals surface area (Å²) in [6.45, 7) is 1.43. The number of carbonyl (C=O) groups is 2. The van der Waals surface area contributed by atoms with Gasteiger partial charge in [0.15, 0.2) is 5.13 Å². The predicted octanol–water partition coefficient (Wildman–Crippen LogP) is 2.68. The number of nitrogens with one attached hydrogen (secondary N) is 2. The molecule has 2 amide bonds. The zero-order valence-corrected chi connectivity index (χ0v) is 16.5. The SMILES string of the molecule is CC(=O)Nc1nc2ccc(NC(=O)Cc3nn(C)c(=O)c4ccccc34)cc2s1. The topological polar surface area (TPSA) is 106 Å². The summed E-state index contributed by atoms with van der Waals surface area (Å²) >= 11 is 1.33. The van der Waals surface area contributed by atoms with Gasteiger partial charge in [-0.2, -0.15) is 5.10 Å². The molecule has 0 saturated carbocycles. The zero-order chi connectivity index (χ0) is 20.5. The molecule has 0 radical (unpaired) electrons. The van der Waals surface area contributed by atoms with Crippen LogP contribution in [-0.4, -0.2) is 26.6 Å². The third-order valence-electron chi connectivity index (χ3n) is 4.32. The van der Waals surface area contributed by atoms with E-state index >= 15 is 0 Å². The van der Waals surface area contributed by atoms with Gasteiger partial charge in [-0.1, -0.05) is 29.5 Å². The van der Waals surface area contributed by atoms with Gasteiger partial charge in [0.2, 0.25) is 11.8 Å². The predicted molar refractivity (Wildman–Crippen MR) is 113 cm³/mol. The van der Waals surface area contributed by atoms with Crippen LogP contribution < -0.4 is 16.2 Å². The van der Waals surface area contributed by atoms with Gasteiger partial charge >= 0.3 is 0 Å². The van der Waals surface area contributed by atoms with E-state index in [2.05, 4.69) is 20.7 Å². The molecule has 0 unspecified atom stereocenters. The summed E-state index contributed by atoms with van der Waals surface area (Å²) in [4.78, 5) is 40.3. The molecule has 0 aliphatic carbocycles. The molecule has 0 aliphatic heterocycles. The molecule has 2 N–H and O–H groups in total. The molecular weight excluding hydrogens is 390 g/mol. The average Bonchev–Trinajstić information content (AvgIpc) is 3.06. The van der Waals surface area contributed by atoms with Crippen LogP contribution in [0.25, 0.3) is 21.0 Å². The Labute approximate surface area is 169 Å². The van der Waals surface area contributed by atoms with Crippen molar-refractivity contribution in [3.05, 3.63) is 58.5 Å². The van der Waals surface area contributed by atoms with Crippen molar-refractivity contribution < 1.29 is 9.59 Å². The fourth-order valence-corrected chi connectivity index (χ4v) is 4.02. The first kappa shape index (κ1) is 18.8. The maximum absolute atomic E-state index is 12.6. The van der Waals surface area contributed by atoms with Crippen molar-refractivity contribution in [2.45, 2.75) is 13.3 Å². The van der Waals surface area contributed by atoms with Gasteiger partial charge in [0, 0.05) is 25.0 Å². The summed E-state index contributed by atoms with van der Waals surface area (Å²) in [5, 5.41) is 11.5. The summed E-state index contributed by atoms with van der Waals surface area (Å²) < 4.78 is 2.09. The third-order valence-corrected chi connectivity index (χ3v) is 5.25. The van der Waals surface area contributed by atoms with Gasteiger partial charge in [0.1, 0.15) is 0 Å². The highest BCUT2D eigenvalue weighted by Gasteiger charge is 2.13. The van der Waals surface area contributed by atoms with Crippen molar-refractivity contribution in [3.63, 3.8) is 0 Å². The molecule has 9 heteroatoms. The quantitative estimate of drug-likeness (QED) is 0.541. The monoisotopic (exact) mass is 407 g/mol. The second kappa shape index (κ2) is 7.44. The Morgan fingerprint density at radius 2 is 1.86 bits per heavy atom. The summed E-state index contributed by atoms with van der Waals surface area (Å²) in [6, 6.07) is 12.5. The lowest BCUT2D eigenvalue weighted by molar-refractivity contribution is -0.116. The van der Waals surface area contributed by atoms with Crippen LogP contribution in [0.2, 0.25) is 0 Å². The molecule has 2 aromatic carbocycles. The van der Waals surface area contributed by atoms with Crippen LogP contribution in [0.15, 0.2) is 47.3 Å². The minimum Gasteiger partial charge on any atom is -0.326 e. The number of nitrogens with zero attached hydrogens (tertiary/aromatic N) is 3. The third kappa shape index (κ3) is 3.85. The first-order chi connectivity index (χ1) is 13.9. The smallest absolute Gasteiger partial charge is 0.274 e. The van der Waals surface area contributed by atoms with Crippen molar-refractivity contribution in [3.8, 4) is 0 Å². The number of aromatic nitrogens is 3. The van der Waals surface area contributed by atoms with Crippen LogP contribution in [0.3, 0.4) is 0 Å². The molecule has 0 fully saturated rings. The van der Waals surface area contributed by atoms with Gasteiger partial charge in [0.25, 0.3) is 5.56 Å². The maximum atomic E-state index is 12.6. The molecule has 8 nitrogen and oxygen atoms in total. The molecule has 2 aromatic heterocycles. The van der Waals surface area contributed by atoms with Gasteiger partial charge in [-0.05, 0) is 24.3 Å². The highest BCUT2D eigenvalue weighted by molar-refractivity contribution is 7.22. The summed E-state index contributed by atoms with van der Waals surface area (Å²) in [5.74, 6) is -0.429. The van der Waals surface area contributed by atoms with E-state index in [0.717, 1.165) is 10.2 Å². The second-order valence-electron chi connectivity index (χ2n) is 6.53. The largest absolute Gasteiger partial charge is 0.326 e. The Morgan fingerprint density at radius 1 is 1.10 bits per heavy atom. The first-order valence-electron chi connectivity index (χ1n) is 8.83.